The summed E-state index contributed by atoms with van der Waals surface area (Å²) >= 11 is 1.59. The van der Waals surface area contributed by atoms with Crippen LogP contribution in [0.15, 0.2) is 41.8 Å². The Labute approximate surface area is 144 Å². The monoisotopic (exact) mass is 350 g/mol. The van der Waals surface area contributed by atoms with Crippen molar-refractivity contribution in [3.8, 4) is 0 Å². The van der Waals surface area contributed by atoms with Gasteiger partial charge in [0, 0.05) is 10.6 Å². The van der Waals surface area contributed by atoms with Crippen molar-refractivity contribution in [1.29, 1.82) is 0 Å². The minimum Gasteiger partial charge on any atom is -0.344 e. The lowest BCUT2D eigenvalue weighted by molar-refractivity contribution is -0.862. The van der Waals surface area contributed by atoms with E-state index in [0.717, 1.165) is 9.78 Å². The number of carbonyl (C=O) groups excluding carboxylic acids is 2. The van der Waals surface area contributed by atoms with E-state index < -0.39 is 5.82 Å². The van der Waals surface area contributed by atoms with Crippen LogP contribution in [0, 0.1) is 5.82 Å². The molecule has 2 amide bonds. The zero-order chi connectivity index (χ0) is 17.5. The number of quaternary nitrogens is 1. The van der Waals surface area contributed by atoms with Crippen molar-refractivity contribution in [2.75, 3.05) is 25.5 Å². The molecule has 2 rings (SSSR count). The summed E-state index contributed by atoms with van der Waals surface area (Å²) in [6.45, 7) is 2.24. The number of hydrogen-bond acceptors (Lipinski definition) is 3. The number of halogens is 1. The summed E-state index contributed by atoms with van der Waals surface area (Å²) in [6.07, 6.45) is 0. The molecule has 2 aromatic rings. The average molecular weight is 350 g/mol. The van der Waals surface area contributed by atoms with Crippen molar-refractivity contribution < 1.29 is 18.9 Å². The van der Waals surface area contributed by atoms with Gasteiger partial charge in [-0.3, -0.25) is 9.59 Å². The van der Waals surface area contributed by atoms with Crippen LogP contribution in [0.25, 0.3) is 0 Å². The van der Waals surface area contributed by atoms with Crippen molar-refractivity contribution in [3.63, 3.8) is 0 Å². The fraction of sp³-hybridized carbons (Fsp3) is 0.294. The van der Waals surface area contributed by atoms with E-state index in [2.05, 4.69) is 10.6 Å². The average Bonchev–Trinajstić information content (AvgIpc) is 3.00. The number of nitrogens with one attached hydrogen (secondary N) is 3. The second kappa shape index (κ2) is 8.56. The first-order chi connectivity index (χ1) is 11.4. The molecule has 0 radical (unpaired) electrons. The number of hydrogen-bond donors (Lipinski definition) is 3. The number of likely N-dealkylation sites (N-methyl/N-ethyl adjacent to an activating group) is 1. The summed E-state index contributed by atoms with van der Waals surface area (Å²) in [7, 11) is 1.76. The molecule has 0 aliphatic carbocycles. The van der Waals surface area contributed by atoms with Crippen LogP contribution < -0.4 is 15.5 Å². The molecular weight excluding hydrogens is 329 g/mol. The Morgan fingerprint density at radius 1 is 1.21 bits per heavy atom. The molecule has 0 bridgehead atoms. The maximum absolute atomic E-state index is 13.1. The Hall–Kier alpha value is -2.25. The van der Waals surface area contributed by atoms with Crippen LogP contribution in [0.1, 0.15) is 17.8 Å². The van der Waals surface area contributed by atoms with E-state index >= 15 is 0 Å². The summed E-state index contributed by atoms with van der Waals surface area (Å²) in [6, 6.07) is 9.57. The van der Waals surface area contributed by atoms with E-state index in [-0.39, 0.29) is 30.9 Å². The standard InChI is InChI=1S/C17H20FN3O2S/c1-12(15-7-4-8-24-15)19-16(22)10-21(2)11-17(23)20-14-6-3-5-13(18)9-14/h3-9,12H,10-11H2,1-2H3,(H,19,22)(H,20,23)/p+1/t12-/m1/s1. The second-order valence-electron chi connectivity index (χ2n) is 5.67. The van der Waals surface area contributed by atoms with Crippen molar-refractivity contribution in [2.24, 2.45) is 0 Å². The number of rotatable bonds is 7. The largest absolute Gasteiger partial charge is 0.344 e. The number of anilines is 1. The quantitative estimate of drug-likeness (QED) is 0.703. The van der Waals surface area contributed by atoms with Gasteiger partial charge in [0.25, 0.3) is 11.8 Å². The summed E-state index contributed by atoms with van der Waals surface area (Å²) < 4.78 is 13.1. The van der Waals surface area contributed by atoms with Crippen molar-refractivity contribution in [1.82, 2.24) is 5.32 Å². The van der Waals surface area contributed by atoms with Gasteiger partial charge in [-0.2, -0.15) is 0 Å². The van der Waals surface area contributed by atoms with Crippen LogP contribution >= 0.6 is 11.3 Å². The molecule has 3 N–H and O–H groups in total. The molecule has 0 aliphatic heterocycles. The zero-order valence-electron chi connectivity index (χ0n) is 13.6. The maximum atomic E-state index is 13.1. The minimum absolute atomic E-state index is 0.0496. The molecule has 24 heavy (non-hydrogen) atoms. The molecule has 2 atom stereocenters. The Morgan fingerprint density at radius 3 is 2.62 bits per heavy atom. The number of benzene rings is 1. The van der Waals surface area contributed by atoms with E-state index in [1.165, 1.54) is 18.2 Å². The predicted molar refractivity (Wildman–Crippen MR) is 92.5 cm³/mol. The summed E-state index contributed by atoms with van der Waals surface area (Å²) in [5.41, 5.74) is 0.406. The van der Waals surface area contributed by atoms with Gasteiger partial charge in [-0.15, -0.1) is 11.3 Å². The summed E-state index contributed by atoms with van der Waals surface area (Å²) in [5, 5.41) is 7.50. The van der Waals surface area contributed by atoms with Crippen LogP contribution in [-0.2, 0) is 9.59 Å². The smallest absolute Gasteiger partial charge is 0.279 e. The van der Waals surface area contributed by atoms with Crippen LogP contribution in [0.3, 0.4) is 0 Å². The van der Waals surface area contributed by atoms with Gasteiger partial charge in [0.2, 0.25) is 0 Å². The molecule has 0 aliphatic rings. The molecule has 0 fully saturated rings. The predicted octanol–water partition coefficient (Wildman–Crippen LogP) is 1.22. The van der Waals surface area contributed by atoms with Gasteiger partial charge in [-0.05, 0) is 36.6 Å². The van der Waals surface area contributed by atoms with Gasteiger partial charge in [0.05, 0.1) is 13.1 Å². The molecule has 1 unspecified atom stereocenters. The number of carbonyl (C=O) groups is 2. The molecule has 128 valence electrons. The maximum Gasteiger partial charge on any atom is 0.279 e. The van der Waals surface area contributed by atoms with E-state index in [1.807, 2.05) is 24.4 Å². The highest BCUT2D eigenvalue weighted by Crippen LogP contribution is 2.17. The number of amides is 2. The first-order valence-electron chi connectivity index (χ1n) is 7.63. The van der Waals surface area contributed by atoms with Crippen molar-refractivity contribution >= 4 is 28.8 Å². The highest BCUT2D eigenvalue weighted by Gasteiger charge is 2.17. The first-order valence-corrected chi connectivity index (χ1v) is 8.51. The molecule has 1 aromatic carbocycles. The third kappa shape index (κ3) is 5.75. The van der Waals surface area contributed by atoms with E-state index in [1.54, 1.807) is 24.5 Å². The van der Waals surface area contributed by atoms with Crippen LogP contribution in [0.2, 0.25) is 0 Å². The Morgan fingerprint density at radius 2 is 1.96 bits per heavy atom. The van der Waals surface area contributed by atoms with Crippen molar-refractivity contribution in [3.05, 3.63) is 52.5 Å². The van der Waals surface area contributed by atoms with Gasteiger partial charge >= 0.3 is 0 Å². The Kier molecular flexibility index (Phi) is 6.45. The topological polar surface area (TPSA) is 62.6 Å². The van der Waals surface area contributed by atoms with Crippen LogP contribution in [0.4, 0.5) is 10.1 Å². The lowest BCUT2D eigenvalue weighted by Gasteiger charge is -2.16. The van der Waals surface area contributed by atoms with Gasteiger partial charge in [-0.1, -0.05) is 12.1 Å². The van der Waals surface area contributed by atoms with E-state index in [0.29, 0.717) is 5.69 Å². The molecule has 7 heteroatoms. The van der Waals surface area contributed by atoms with Gasteiger partial charge in [0.15, 0.2) is 13.1 Å². The van der Waals surface area contributed by atoms with Crippen LogP contribution in [0.5, 0.6) is 0 Å². The van der Waals surface area contributed by atoms with Gasteiger partial charge in [0.1, 0.15) is 5.82 Å². The van der Waals surface area contributed by atoms with Crippen LogP contribution in [-0.4, -0.2) is 32.0 Å². The minimum atomic E-state index is -0.407. The molecule has 1 aromatic heterocycles. The Balaban J connectivity index is 1.76. The van der Waals surface area contributed by atoms with Gasteiger partial charge < -0.3 is 15.5 Å². The molecule has 0 saturated carbocycles. The summed E-state index contributed by atoms with van der Waals surface area (Å²) in [5.74, 6) is -0.792. The highest BCUT2D eigenvalue weighted by molar-refractivity contribution is 7.10. The normalized spacial score (nSPS) is 13.1. The molecular formula is C17H21FN3O2S+. The Bertz CT molecular complexity index is 691. The lowest BCUT2D eigenvalue weighted by Crippen LogP contribution is -3.11. The number of thiophene rings is 1. The zero-order valence-corrected chi connectivity index (χ0v) is 14.5. The third-order valence-electron chi connectivity index (χ3n) is 3.38. The highest BCUT2D eigenvalue weighted by atomic mass is 32.1. The molecule has 5 nitrogen and oxygen atoms in total. The second-order valence-corrected chi connectivity index (χ2v) is 6.65. The van der Waals surface area contributed by atoms with Gasteiger partial charge in [-0.25, -0.2) is 4.39 Å². The van der Waals surface area contributed by atoms with E-state index in [4.69, 9.17) is 0 Å². The molecule has 0 spiro atoms. The SMILES string of the molecule is C[C@@H](NC(=O)C[NH+](C)CC(=O)Nc1cccc(F)c1)c1cccs1. The van der Waals surface area contributed by atoms with Crippen molar-refractivity contribution in [2.45, 2.75) is 13.0 Å². The lowest BCUT2D eigenvalue weighted by atomic mass is 10.2. The molecule has 0 saturated heterocycles. The summed E-state index contributed by atoms with van der Waals surface area (Å²) in [4.78, 5) is 25.8. The first kappa shape index (κ1) is 18.1. The fourth-order valence-electron chi connectivity index (χ4n) is 2.28. The fourth-order valence-corrected chi connectivity index (χ4v) is 3.02. The third-order valence-corrected chi connectivity index (χ3v) is 4.44. The van der Waals surface area contributed by atoms with E-state index in [9.17, 15) is 14.0 Å². The molecule has 1 heterocycles.